The number of hydrogen-bond acceptors (Lipinski definition) is 8. The van der Waals surface area contributed by atoms with E-state index in [1.54, 1.807) is 36.4 Å². The van der Waals surface area contributed by atoms with Gasteiger partial charge in [-0.05, 0) is 35.4 Å². The van der Waals surface area contributed by atoms with Gasteiger partial charge in [-0.2, -0.15) is 0 Å². The summed E-state index contributed by atoms with van der Waals surface area (Å²) < 4.78 is 14.9. The van der Waals surface area contributed by atoms with E-state index >= 15 is 0 Å². The molecule has 4 atom stereocenters. The van der Waals surface area contributed by atoms with Gasteiger partial charge in [-0.3, -0.25) is 9.78 Å². The van der Waals surface area contributed by atoms with E-state index in [2.05, 4.69) is 27.4 Å². The number of ether oxygens (including phenoxy) is 2. The zero-order chi connectivity index (χ0) is 26.5. The first-order chi connectivity index (χ1) is 18.5. The fraction of sp³-hybridized carbons (Fsp3) is 0.286. The van der Waals surface area contributed by atoms with Crippen LogP contribution in [0.5, 0.6) is 0 Å². The lowest BCUT2D eigenvalue weighted by Crippen LogP contribution is -2.38. The molecule has 1 aliphatic heterocycles. The predicted molar refractivity (Wildman–Crippen MR) is 143 cm³/mol. The molecular weight excluding hydrogens is 502 g/mol. The Bertz CT molecular complexity index is 1350. The van der Waals surface area contributed by atoms with E-state index in [0.29, 0.717) is 17.0 Å². The maximum atomic E-state index is 12.5. The van der Waals surface area contributed by atoms with E-state index in [9.17, 15) is 9.90 Å². The summed E-state index contributed by atoms with van der Waals surface area (Å²) in [6, 6.07) is 18.7. The molecule has 0 aliphatic carbocycles. The second kappa shape index (κ2) is 11.9. The van der Waals surface area contributed by atoms with Crippen LogP contribution in [-0.2, 0) is 23.1 Å². The van der Waals surface area contributed by atoms with E-state index in [-0.39, 0.29) is 30.6 Å². The van der Waals surface area contributed by atoms with Crippen molar-refractivity contribution in [1.29, 1.82) is 0 Å². The molecule has 5 rings (SSSR count). The van der Waals surface area contributed by atoms with Crippen molar-refractivity contribution in [3.63, 3.8) is 0 Å². The number of amides is 1. The van der Waals surface area contributed by atoms with Crippen LogP contribution in [0.2, 0.25) is 0 Å². The van der Waals surface area contributed by atoms with Crippen LogP contribution < -0.4 is 5.32 Å². The molecule has 3 heterocycles. The summed E-state index contributed by atoms with van der Waals surface area (Å²) in [6.07, 6.45) is 3.91. The maximum Gasteiger partial charge on any atom is 0.257 e. The predicted octanol–water partition coefficient (Wildman–Crippen LogP) is 4.54. The highest BCUT2D eigenvalue weighted by Crippen LogP contribution is 2.43. The van der Waals surface area contributed by atoms with E-state index in [1.165, 1.54) is 6.20 Å². The van der Waals surface area contributed by atoms with Gasteiger partial charge in [-0.15, -0.1) is 10.2 Å². The Balaban J connectivity index is 1.34. The van der Waals surface area contributed by atoms with Crippen molar-refractivity contribution >= 4 is 23.4 Å². The molecule has 2 N–H and O–H groups in total. The number of hydrogen-bond donors (Lipinski definition) is 2. The van der Waals surface area contributed by atoms with Gasteiger partial charge in [0.05, 0.1) is 24.4 Å². The zero-order valence-corrected chi connectivity index (χ0v) is 21.9. The molecule has 2 aromatic heterocycles. The quantitative estimate of drug-likeness (QED) is 0.319. The first-order valence-corrected chi connectivity index (χ1v) is 13.3. The number of anilines is 1. The smallest absolute Gasteiger partial charge is 0.257 e. The summed E-state index contributed by atoms with van der Waals surface area (Å²) in [5.74, 6) is 0.514. The summed E-state index contributed by atoms with van der Waals surface area (Å²) in [5, 5.41) is 21.3. The van der Waals surface area contributed by atoms with Crippen LogP contribution in [-0.4, -0.2) is 42.6 Å². The lowest BCUT2D eigenvalue weighted by Gasteiger charge is -2.41. The Hall–Kier alpha value is -3.57. The lowest BCUT2D eigenvalue weighted by molar-refractivity contribution is -0.268. The fourth-order valence-electron chi connectivity index (χ4n) is 4.29. The number of pyridine rings is 1. The number of aliphatic hydroxyl groups is 1. The number of carbonyl (C=O) groups excluding carboxylic acids is 1. The number of nitrogens with one attached hydrogen (secondary N) is 1. The number of aryl methyl sites for hydroxylation is 1. The third-order valence-corrected chi connectivity index (χ3v) is 7.66. The minimum atomic E-state index is -0.595. The standard InChI is InChI=1S/C28H29N5O4S/c1-18-24(16-38-28-32-30-17-33(28)2)36-27(37-25(18)20-7-5-19(15-34)6-8-20)21-9-11-23(12-10-21)31-26(35)22-4-3-13-29-14-22/h3-14,17-18,24-25,27,34H,15-16H2,1-2H3,(H,31,35). The average Bonchev–Trinajstić information content (AvgIpc) is 3.38. The summed E-state index contributed by atoms with van der Waals surface area (Å²) >= 11 is 1.59. The van der Waals surface area contributed by atoms with Gasteiger partial charge in [0.1, 0.15) is 6.33 Å². The van der Waals surface area contributed by atoms with E-state index in [1.807, 2.05) is 60.1 Å². The molecule has 0 bridgehead atoms. The molecular formula is C28H29N5O4S. The minimum absolute atomic E-state index is 0.00622. The van der Waals surface area contributed by atoms with Crippen molar-refractivity contribution in [2.75, 3.05) is 11.1 Å². The number of thioether (sulfide) groups is 1. The van der Waals surface area contributed by atoms with Crippen molar-refractivity contribution in [2.24, 2.45) is 13.0 Å². The molecule has 4 aromatic rings. The molecule has 4 unspecified atom stereocenters. The summed E-state index contributed by atoms with van der Waals surface area (Å²) in [6.45, 7) is 2.12. The Labute approximate surface area is 225 Å². The molecule has 0 saturated carbocycles. The van der Waals surface area contributed by atoms with Crippen molar-refractivity contribution in [1.82, 2.24) is 19.7 Å². The Kier molecular flexibility index (Phi) is 8.14. The van der Waals surface area contributed by atoms with E-state index in [0.717, 1.165) is 21.8 Å². The Morgan fingerprint density at radius 1 is 1.08 bits per heavy atom. The number of carbonyl (C=O) groups is 1. The highest BCUT2D eigenvalue weighted by atomic mass is 32.2. The normalized spacial score (nSPS) is 21.2. The van der Waals surface area contributed by atoms with Crippen molar-refractivity contribution in [2.45, 2.75) is 37.2 Å². The monoisotopic (exact) mass is 531 g/mol. The van der Waals surface area contributed by atoms with Crippen LogP contribution in [0.15, 0.2) is 84.5 Å². The molecule has 1 aliphatic rings. The molecule has 38 heavy (non-hydrogen) atoms. The van der Waals surface area contributed by atoms with Crippen molar-refractivity contribution < 1.29 is 19.4 Å². The molecule has 10 heteroatoms. The number of aliphatic hydroxyl groups excluding tert-OH is 1. The fourth-order valence-corrected chi connectivity index (χ4v) is 5.34. The van der Waals surface area contributed by atoms with Crippen LogP contribution in [0.4, 0.5) is 5.69 Å². The van der Waals surface area contributed by atoms with Crippen molar-refractivity contribution in [3.05, 3.63) is 102 Å². The molecule has 2 aromatic carbocycles. The third-order valence-electron chi connectivity index (χ3n) is 6.53. The first kappa shape index (κ1) is 26.1. The molecule has 0 radical (unpaired) electrons. The maximum absolute atomic E-state index is 12.5. The number of aromatic nitrogens is 4. The number of nitrogens with zero attached hydrogens (tertiary/aromatic N) is 4. The number of rotatable bonds is 8. The SMILES string of the molecule is CC1C(CSc2nncn2C)OC(c2ccc(NC(=O)c3cccnc3)cc2)OC1c1ccc(CO)cc1. The van der Waals surface area contributed by atoms with Crippen LogP contribution in [0, 0.1) is 5.92 Å². The van der Waals surface area contributed by atoms with Crippen molar-refractivity contribution in [3.8, 4) is 0 Å². The van der Waals surface area contributed by atoms with Crippen LogP contribution >= 0.6 is 11.8 Å². The summed E-state index contributed by atoms with van der Waals surface area (Å²) in [5.41, 5.74) is 3.88. The third kappa shape index (κ3) is 5.94. The van der Waals surface area contributed by atoms with Gasteiger partial charge in [0.2, 0.25) is 0 Å². The zero-order valence-electron chi connectivity index (χ0n) is 21.1. The Morgan fingerprint density at radius 2 is 1.84 bits per heavy atom. The van der Waals surface area contributed by atoms with Gasteiger partial charge < -0.3 is 24.5 Å². The van der Waals surface area contributed by atoms with E-state index < -0.39 is 6.29 Å². The highest BCUT2D eigenvalue weighted by Gasteiger charge is 2.38. The Morgan fingerprint density at radius 3 is 2.50 bits per heavy atom. The molecule has 1 saturated heterocycles. The van der Waals surface area contributed by atoms with Crippen LogP contribution in [0.25, 0.3) is 0 Å². The van der Waals surface area contributed by atoms with Crippen LogP contribution in [0.1, 0.15) is 46.4 Å². The average molecular weight is 532 g/mol. The molecule has 1 amide bonds. The van der Waals surface area contributed by atoms with Gasteiger partial charge in [0.25, 0.3) is 5.91 Å². The van der Waals surface area contributed by atoms with Crippen LogP contribution in [0.3, 0.4) is 0 Å². The molecule has 9 nitrogen and oxygen atoms in total. The molecule has 196 valence electrons. The molecule has 0 spiro atoms. The second-order valence-corrected chi connectivity index (χ2v) is 10.2. The minimum Gasteiger partial charge on any atom is -0.392 e. The van der Waals surface area contributed by atoms with Gasteiger partial charge in [-0.1, -0.05) is 55.1 Å². The van der Waals surface area contributed by atoms with E-state index in [4.69, 9.17) is 9.47 Å². The van der Waals surface area contributed by atoms with Gasteiger partial charge >= 0.3 is 0 Å². The second-order valence-electron chi connectivity index (χ2n) is 9.18. The van der Waals surface area contributed by atoms with Gasteiger partial charge in [0, 0.05) is 42.4 Å². The molecule has 1 fully saturated rings. The highest BCUT2D eigenvalue weighted by molar-refractivity contribution is 7.99. The summed E-state index contributed by atoms with van der Waals surface area (Å²) in [7, 11) is 1.92. The largest absolute Gasteiger partial charge is 0.392 e. The first-order valence-electron chi connectivity index (χ1n) is 12.3. The number of benzene rings is 2. The van der Waals surface area contributed by atoms with Gasteiger partial charge in [-0.25, -0.2) is 0 Å². The van der Waals surface area contributed by atoms with Gasteiger partial charge in [0.15, 0.2) is 11.4 Å². The lowest BCUT2D eigenvalue weighted by atomic mass is 9.91. The summed E-state index contributed by atoms with van der Waals surface area (Å²) in [4.78, 5) is 16.5. The topological polar surface area (TPSA) is 111 Å².